The molecule has 0 aromatic heterocycles. The average Bonchev–Trinajstić information content (AvgIpc) is 2.17. The topological polar surface area (TPSA) is 52.9 Å². The Morgan fingerprint density at radius 2 is 2.00 bits per heavy atom. The Morgan fingerprint density at radius 1 is 1.40 bits per heavy atom. The molecule has 1 aromatic carbocycles. The second-order valence-corrected chi connectivity index (χ2v) is 3.84. The number of nitrogens with zero attached hydrogens (tertiary/aromatic N) is 1. The second-order valence-electron chi connectivity index (χ2n) is 3.84. The molecule has 0 unspecified atom stereocenters. The summed E-state index contributed by atoms with van der Waals surface area (Å²) in [5.41, 5.74) is 1.33. The van der Waals surface area contributed by atoms with Crippen molar-refractivity contribution in [3.63, 3.8) is 0 Å². The Kier molecular flexibility index (Phi) is 3.87. The molecule has 0 atom stereocenters. The van der Waals surface area contributed by atoms with Crippen LogP contribution >= 0.6 is 0 Å². The van der Waals surface area contributed by atoms with Crippen molar-refractivity contribution < 1.29 is 4.79 Å². The van der Waals surface area contributed by atoms with Gasteiger partial charge in [-0.05, 0) is 30.2 Å². The Bertz CT molecular complexity index is 374. The summed E-state index contributed by atoms with van der Waals surface area (Å²) < 4.78 is 0. The lowest BCUT2D eigenvalue weighted by atomic mass is 10.1. The molecule has 0 saturated heterocycles. The minimum absolute atomic E-state index is 0.00899. The Labute approximate surface area is 89.7 Å². The highest BCUT2D eigenvalue weighted by Gasteiger charge is 2.04. The van der Waals surface area contributed by atoms with Gasteiger partial charge in [0.25, 0.3) is 0 Å². The molecule has 3 nitrogen and oxygen atoms in total. The molecule has 1 aromatic rings. The highest BCUT2D eigenvalue weighted by atomic mass is 16.1. The van der Waals surface area contributed by atoms with Crippen LogP contribution in [0, 0.1) is 17.2 Å². The fourth-order valence-corrected chi connectivity index (χ4v) is 1.21. The molecule has 0 saturated carbocycles. The number of benzene rings is 1. The van der Waals surface area contributed by atoms with E-state index >= 15 is 0 Å². The highest BCUT2D eigenvalue weighted by Crippen LogP contribution is 2.10. The van der Waals surface area contributed by atoms with E-state index in [1.807, 2.05) is 19.9 Å². The van der Waals surface area contributed by atoms with Crippen LogP contribution in [0.25, 0.3) is 0 Å². The van der Waals surface area contributed by atoms with Gasteiger partial charge in [0.15, 0.2) is 0 Å². The molecular weight excluding hydrogens is 188 g/mol. The summed E-state index contributed by atoms with van der Waals surface area (Å²) in [5, 5.41) is 11.4. The summed E-state index contributed by atoms with van der Waals surface area (Å²) in [7, 11) is 0. The molecule has 0 aliphatic carbocycles. The molecule has 78 valence electrons. The van der Waals surface area contributed by atoms with Crippen molar-refractivity contribution in [1.82, 2.24) is 0 Å². The van der Waals surface area contributed by atoms with Crippen molar-refractivity contribution >= 4 is 11.6 Å². The van der Waals surface area contributed by atoms with Crippen LogP contribution in [0.5, 0.6) is 0 Å². The predicted molar refractivity (Wildman–Crippen MR) is 59.2 cm³/mol. The fourth-order valence-electron chi connectivity index (χ4n) is 1.21. The smallest absolute Gasteiger partial charge is 0.224 e. The summed E-state index contributed by atoms with van der Waals surface area (Å²) in [6, 6.07) is 8.86. The zero-order valence-corrected chi connectivity index (χ0v) is 8.95. The third-order valence-corrected chi connectivity index (χ3v) is 1.89. The van der Waals surface area contributed by atoms with Gasteiger partial charge in [-0.3, -0.25) is 4.79 Å². The van der Waals surface area contributed by atoms with Gasteiger partial charge in [0.1, 0.15) is 0 Å². The van der Waals surface area contributed by atoms with Crippen LogP contribution in [0.2, 0.25) is 0 Å². The molecule has 1 rings (SSSR count). The number of amides is 1. The normalized spacial score (nSPS) is 9.73. The fraction of sp³-hybridized carbons (Fsp3) is 0.333. The van der Waals surface area contributed by atoms with Crippen molar-refractivity contribution in [2.24, 2.45) is 5.92 Å². The van der Waals surface area contributed by atoms with E-state index in [-0.39, 0.29) is 5.91 Å². The molecule has 0 radical (unpaired) electrons. The standard InChI is InChI=1S/C12H14N2O/c1-9(2)7-12(15)14-11-5-3-10(8-13)4-6-11/h3-6,9H,7H2,1-2H3,(H,14,15). The summed E-state index contributed by atoms with van der Waals surface area (Å²) in [5.74, 6) is 0.359. The molecular formula is C12H14N2O. The first-order valence-electron chi connectivity index (χ1n) is 4.92. The van der Waals surface area contributed by atoms with E-state index in [9.17, 15) is 4.79 Å². The maximum absolute atomic E-state index is 11.4. The van der Waals surface area contributed by atoms with E-state index in [2.05, 4.69) is 5.32 Å². The summed E-state index contributed by atoms with van der Waals surface area (Å²) in [4.78, 5) is 11.4. The first-order chi connectivity index (χ1) is 7.11. The maximum atomic E-state index is 11.4. The molecule has 15 heavy (non-hydrogen) atoms. The Balaban J connectivity index is 2.58. The Hall–Kier alpha value is -1.82. The highest BCUT2D eigenvalue weighted by molar-refractivity contribution is 5.90. The molecule has 0 aliphatic rings. The van der Waals surface area contributed by atoms with Crippen molar-refractivity contribution in [1.29, 1.82) is 5.26 Å². The number of carbonyl (C=O) groups is 1. The third-order valence-electron chi connectivity index (χ3n) is 1.89. The number of rotatable bonds is 3. The van der Waals surface area contributed by atoms with Crippen molar-refractivity contribution in [2.75, 3.05) is 5.32 Å². The number of nitrogens with one attached hydrogen (secondary N) is 1. The van der Waals surface area contributed by atoms with Crippen LogP contribution in [-0.2, 0) is 4.79 Å². The van der Waals surface area contributed by atoms with Gasteiger partial charge in [-0.1, -0.05) is 13.8 Å². The molecule has 0 aliphatic heterocycles. The quantitative estimate of drug-likeness (QED) is 0.818. The monoisotopic (exact) mass is 202 g/mol. The van der Waals surface area contributed by atoms with Crippen LogP contribution in [0.4, 0.5) is 5.69 Å². The van der Waals surface area contributed by atoms with E-state index < -0.39 is 0 Å². The molecule has 3 heteroatoms. The van der Waals surface area contributed by atoms with Gasteiger partial charge in [-0.25, -0.2) is 0 Å². The number of nitriles is 1. The summed E-state index contributed by atoms with van der Waals surface area (Å²) in [6.07, 6.45) is 0.514. The third kappa shape index (κ3) is 3.82. The minimum Gasteiger partial charge on any atom is -0.326 e. The van der Waals surface area contributed by atoms with Crippen LogP contribution in [0.1, 0.15) is 25.8 Å². The zero-order chi connectivity index (χ0) is 11.3. The molecule has 1 N–H and O–H groups in total. The van der Waals surface area contributed by atoms with Crippen LogP contribution < -0.4 is 5.32 Å². The lowest BCUT2D eigenvalue weighted by Gasteiger charge is -2.06. The number of hydrogen-bond acceptors (Lipinski definition) is 2. The second kappa shape index (κ2) is 5.16. The zero-order valence-electron chi connectivity index (χ0n) is 8.95. The lowest BCUT2D eigenvalue weighted by Crippen LogP contribution is -2.13. The number of carbonyl (C=O) groups excluding carboxylic acids is 1. The van der Waals surface area contributed by atoms with Crippen LogP contribution in [-0.4, -0.2) is 5.91 Å². The maximum Gasteiger partial charge on any atom is 0.224 e. The SMILES string of the molecule is CC(C)CC(=O)Nc1ccc(C#N)cc1. The molecule has 1 amide bonds. The van der Waals surface area contributed by atoms with Gasteiger partial charge in [0.05, 0.1) is 11.6 Å². The van der Waals surface area contributed by atoms with Gasteiger partial charge < -0.3 is 5.32 Å². The first kappa shape index (κ1) is 11.3. The average molecular weight is 202 g/mol. The Morgan fingerprint density at radius 3 is 2.47 bits per heavy atom. The van der Waals surface area contributed by atoms with Crippen molar-refractivity contribution in [3.05, 3.63) is 29.8 Å². The minimum atomic E-state index is 0.00899. The molecule has 0 bridgehead atoms. The van der Waals surface area contributed by atoms with Crippen LogP contribution in [0.15, 0.2) is 24.3 Å². The molecule has 0 spiro atoms. The number of hydrogen-bond donors (Lipinski definition) is 1. The van der Waals surface area contributed by atoms with E-state index in [0.29, 0.717) is 17.9 Å². The van der Waals surface area contributed by atoms with Gasteiger partial charge in [-0.15, -0.1) is 0 Å². The van der Waals surface area contributed by atoms with Crippen molar-refractivity contribution in [2.45, 2.75) is 20.3 Å². The number of anilines is 1. The summed E-state index contributed by atoms with van der Waals surface area (Å²) >= 11 is 0. The molecule has 0 heterocycles. The van der Waals surface area contributed by atoms with Gasteiger partial charge >= 0.3 is 0 Å². The van der Waals surface area contributed by atoms with Gasteiger partial charge in [0, 0.05) is 12.1 Å². The summed E-state index contributed by atoms with van der Waals surface area (Å²) in [6.45, 7) is 4.00. The van der Waals surface area contributed by atoms with Gasteiger partial charge in [0.2, 0.25) is 5.91 Å². The predicted octanol–water partition coefficient (Wildman–Crippen LogP) is 2.54. The van der Waals surface area contributed by atoms with Gasteiger partial charge in [-0.2, -0.15) is 5.26 Å². The van der Waals surface area contributed by atoms with Crippen molar-refractivity contribution in [3.8, 4) is 6.07 Å². The first-order valence-corrected chi connectivity index (χ1v) is 4.92. The van der Waals surface area contributed by atoms with E-state index in [0.717, 1.165) is 5.69 Å². The lowest BCUT2D eigenvalue weighted by molar-refractivity contribution is -0.116. The van der Waals surface area contributed by atoms with Crippen LogP contribution in [0.3, 0.4) is 0 Å². The van der Waals surface area contributed by atoms with E-state index in [4.69, 9.17) is 5.26 Å². The van der Waals surface area contributed by atoms with E-state index in [1.165, 1.54) is 0 Å². The largest absolute Gasteiger partial charge is 0.326 e. The van der Waals surface area contributed by atoms with E-state index in [1.54, 1.807) is 24.3 Å². The molecule has 0 fully saturated rings.